The average molecular weight is 216 g/mol. The normalized spacial score (nSPS) is 10.1. The van der Waals surface area contributed by atoms with Crippen molar-refractivity contribution >= 4 is 29.8 Å². The third-order valence-corrected chi connectivity index (χ3v) is 3.07. The van der Waals surface area contributed by atoms with Crippen molar-refractivity contribution in [2.24, 2.45) is 0 Å². The first-order chi connectivity index (χ1) is 6.22. The summed E-state index contributed by atoms with van der Waals surface area (Å²) in [5.41, 5.74) is 0.135. The Morgan fingerprint density at radius 2 is 2.00 bits per heavy atom. The molecule has 0 aliphatic heterocycles. The van der Waals surface area contributed by atoms with Crippen LogP contribution >= 0.6 is 23.5 Å². The summed E-state index contributed by atoms with van der Waals surface area (Å²) in [5.74, 6) is -0.416. The van der Waals surface area contributed by atoms with Crippen molar-refractivity contribution < 1.29 is 9.18 Å². The number of carbonyl (C=O) groups excluding carboxylic acids is 1. The number of benzene rings is 1. The molecule has 1 aromatic rings. The minimum absolute atomic E-state index is 0.135. The summed E-state index contributed by atoms with van der Waals surface area (Å²) < 4.78 is 13.3. The first-order valence-corrected chi connectivity index (χ1v) is 6.04. The van der Waals surface area contributed by atoms with Crippen molar-refractivity contribution in [1.82, 2.24) is 0 Å². The Bertz CT molecular complexity index is 326. The minimum Gasteiger partial charge on any atom is -0.298 e. The second-order valence-corrected chi connectivity index (χ2v) is 4.08. The second-order valence-electron chi connectivity index (χ2n) is 2.35. The summed E-state index contributed by atoms with van der Waals surface area (Å²) in [6.45, 7) is 0. The highest BCUT2D eigenvalue weighted by atomic mass is 32.2. The highest BCUT2D eigenvalue weighted by molar-refractivity contribution is 7.99. The number of thioether (sulfide) groups is 2. The summed E-state index contributed by atoms with van der Waals surface area (Å²) >= 11 is 2.80. The molecule has 0 heterocycles. The molecule has 0 N–H and O–H groups in total. The molecule has 0 spiro atoms. The molecule has 1 aromatic carbocycles. The van der Waals surface area contributed by atoms with Gasteiger partial charge in [-0.05, 0) is 24.6 Å². The van der Waals surface area contributed by atoms with E-state index in [1.54, 1.807) is 18.4 Å². The van der Waals surface area contributed by atoms with Gasteiger partial charge in [-0.1, -0.05) is 0 Å². The fourth-order valence-corrected chi connectivity index (χ4v) is 2.04. The molecular formula is C9H9FOS2. The number of carbonyl (C=O) groups is 1. The van der Waals surface area contributed by atoms with Crippen LogP contribution in [0.5, 0.6) is 0 Å². The summed E-state index contributed by atoms with van der Waals surface area (Å²) in [5, 5.41) is 0. The molecular weight excluding hydrogens is 207 g/mol. The number of rotatable bonds is 3. The lowest BCUT2D eigenvalue weighted by atomic mass is 10.2. The maximum atomic E-state index is 13.3. The predicted molar refractivity (Wildman–Crippen MR) is 55.3 cm³/mol. The van der Waals surface area contributed by atoms with Crippen molar-refractivity contribution in [1.29, 1.82) is 0 Å². The van der Waals surface area contributed by atoms with Gasteiger partial charge in [0.2, 0.25) is 0 Å². The largest absolute Gasteiger partial charge is 0.298 e. The van der Waals surface area contributed by atoms with Crippen molar-refractivity contribution in [2.75, 3.05) is 12.5 Å². The van der Waals surface area contributed by atoms with E-state index in [9.17, 15) is 9.18 Å². The van der Waals surface area contributed by atoms with Crippen LogP contribution in [0.25, 0.3) is 0 Å². The zero-order valence-corrected chi connectivity index (χ0v) is 8.97. The van der Waals surface area contributed by atoms with Gasteiger partial charge in [-0.25, -0.2) is 4.39 Å². The van der Waals surface area contributed by atoms with Gasteiger partial charge in [0, 0.05) is 9.79 Å². The van der Waals surface area contributed by atoms with Crippen LogP contribution in [0.1, 0.15) is 10.4 Å². The lowest BCUT2D eigenvalue weighted by Gasteiger charge is -2.04. The molecule has 0 bridgehead atoms. The maximum Gasteiger partial charge on any atom is 0.153 e. The molecule has 0 saturated heterocycles. The van der Waals surface area contributed by atoms with E-state index < -0.39 is 5.82 Å². The fourth-order valence-electron chi connectivity index (χ4n) is 0.945. The Morgan fingerprint density at radius 3 is 2.46 bits per heavy atom. The van der Waals surface area contributed by atoms with Crippen LogP contribution in [-0.4, -0.2) is 18.8 Å². The van der Waals surface area contributed by atoms with E-state index in [0.29, 0.717) is 11.2 Å². The molecule has 0 unspecified atom stereocenters. The van der Waals surface area contributed by atoms with Crippen LogP contribution < -0.4 is 0 Å². The molecule has 0 aliphatic rings. The monoisotopic (exact) mass is 216 g/mol. The highest BCUT2D eigenvalue weighted by Crippen LogP contribution is 2.27. The first-order valence-electron chi connectivity index (χ1n) is 3.59. The molecule has 4 heteroatoms. The predicted octanol–water partition coefficient (Wildman–Crippen LogP) is 3.08. The van der Waals surface area contributed by atoms with Crippen molar-refractivity contribution in [3.8, 4) is 0 Å². The van der Waals surface area contributed by atoms with Crippen molar-refractivity contribution in [3.63, 3.8) is 0 Å². The van der Waals surface area contributed by atoms with E-state index >= 15 is 0 Å². The van der Waals surface area contributed by atoms with Crippen LogP contribution in [0.15, 0.2) is 21.9 Å². The van der Waals surface area contributed by atoms with Gasteiger partial charge in [-0.15, -0.1) is 23.5 Å². The SMILES string of the molecule is CSc1cc(C=O)c(F)c(SC)c1. The van der Waals surface area contributed by atoms with Gasteiger partial charge >= 0.3 is 0 Å². The Balaban J connectivity index is 3.28. The Labute approximate surface area is 85.1 Å². The van der Waals surface area contributed by atoms with Gasteiger partial charge in [-0.3, -0.25) is 4.79 Å². The smallest absolute Gasteiger partial charge is 0.153 e. The van der Waals surface area contributed by atoms with Gasteiger partial charge in [0.15, 0.2) is 6.29 Å². The van der Waals surface area contributed by atoms with Crippen LogP contribution in [0, 0.1) is 5.82 Å². The third-order valence-electron chi connectivity index (χ3n) is 1.62. The first kappa shape index (κ1) is 10.6. The minimum atomic E-state index is -0.416. The van der Waals surface area contributed by atoms with Gasteiger partial charge in [0.1, 0.15) is 5.82 Å². The van der Waals surface area contributed by atoms with Gasteiger partial charge < -0.3 is 0 Å². The zero-order chi connectivity index (χ0) is 9.84. The molecule has 0 aromatic heterocycles. The number of aldehydes is 1. The molecule has 0 aliphatic carbocycles. The van der Waals surface area contributed by atoms with Gasteiger partial charge in [-0.2, -0.15) is 0 Å². The molecule has 0 atom stereocenters. The van der Waals surface area contributed by atoms with Gasteiger partial charge in [0.05, 0.1) is 5.56 Å². The lowest BCUT2D eigenvalue weighted by Crippen LogP contribution is -1.91. The summed E-state index contributed by atoms with van der Waals surface area (Å²) in [6.07, 6.45) is 4.23. The molecule has 70 valence electrons. The summed E-state index contributed by atoms with van der Waals surface area (Å²) in [6, 6.07) is 3.31. The van der Waals surface area contributed by atoms with E-state index in [2.05, 4.69) is 0 Å². The number of hydrogen-bond acceptors (Lipinski definition) is 3. The van der Waals surface area contributed by atoms with Crippen LogP contribution in [-0.2, 0) is 0 Å². The van der Waals surface area contributed by atoms with Crippen molar-refractivity contribution in [2.45, 2.75) is 9.79 Å². The topological polar surface area (TPSA) is 17.1 Å². The Hall–Kier alpha value is -0.480. The highest BCUT2D eigenvalue weighted by Gasteiger charge is 2.08. The Morgan fingerprint density at radius 1 is 1.31 bits per heavy atom. The number of hydrogen-bond donors (Lipinski definition) is 0. The van der Waals surface area contributed by atoms with Gasteiger partial charge in [0.25, 0.3) is 0 Å². The molecule has 1 rings (SSSR count). The van der Waals surface area contributed by atoms with E-state index in [1.165, 1.54) is 23.5 Å². The second kappa shape index (κ2) is 4.67. The number of halogens is 1. The standard InChI is InChI=1S/C9H9FOS2/c1-12-7-3-6(5-11)9(10)8(4-7)13-2/h3-5H,1-2H3. The molecule has 0 radical (unpaired) electrons. The molecule has 0 amide bonds. The lowest BCUT2D eigenvalue weighted by molar-refractivity contribution is 0.111. The Kier molecular flexibility index (Phi) is 3.81. The maximum absolute atomic E-state index is 13.3. The molecule has 0 saturated carbocycles. The average Bonchev–Trinajstić information content (AvgIpc) is 2.18. The molecule has 1 nitrogen and oxygen atoms in total. The van der Waals surface area contributed by atoms with Crippen molar-refractivity contribution in [3.05, 3.63) is 23.5 Å². The van der Waals surface area contributed by atoms with E-state index in [0.717, 1.165) is 4.90 Å². The van der Waals surface area contributed by atoms with E-state index in [4.69, 9.17) is 0 Å². The summed E-state index contributed by atoms with van der Waals surface area (Å²) in [7, 11) is 0. The van der Waals surface area contributed by atoms with Crippen LogP contribution in [0.4, 0.5) is 4.39 Å². The van der Waals surface area contributed by atoms with Crippen LogP contribution in [0.3, 0.4) is 0 Å². The van der Waals surface area contributed by atoms with E-state index in [-0.39, 0.29) is 5.56 Å². The molecule has 13 heavy (non-hydrogen) atoms. The van der Waals surface area contributed by atoms with Crippen LogP contribution in [0.2, 0.25) is 0 Å². The third kappa shape index (κ3) is 2.25. The zero-order valence-electron chi connectivity index (χ0n) is 7.33. The fraction of sp³-hybridized carbons (Fsp3) is 0.222. The quantitative estimate of drug-likeness (QED) is 0.571. The van der Waals surface area contributed by atoms with E-state index in [1.807, 2.05) is 6.26 Å². The summed E-state index contributed by atoms with van der Waals surface area (Å²) in [4.78, 5) is 11.9. The molecule has 0 fully saturated rings.